The Morgan fingerprint density at radius 1 is 1.00 bits per heavy atom. The van der Waals surface area contributed by atoms with E-state index in [1.54, 1.807) is 31.2 Å². The minimum absolute atomic E-state index is 0.137. The molecule has 1 saturated heterocycles. The van der Waals surface area contributed by atoms with Crippen molar-refractivity contribution in [1.82, 2.24) is 14.9 Å². The van der Waals surface area contributed by atoms with Crippen LogP contribution in [0, 0.1) is 31.0 Å². The molecule has 0 bridgehead atoms. The van der Waals surface area contributed by atoms with Crippen LogP contribution in [-0.2, 0) is 11.3 Å². The zero-order chi connectivity index (χ0) is 29.6. The molecule has 0 aliphatic carbocycles. The average molecular weight is 566 g/mol. The van der Waals surface area contributed by atoms with Gasteiger partial charge in [-0.1, -0.05) is 24.3 Å². The number of hydrogen-bond donors (Lipinski definition) is 0. The summed E-state index contributed by atoms with van der Waals surface area (Å²) in [5, 5.41) is 9.11. The Morgan fingerprint density at radius 3 is 2.36 bits per heavy atom. The average Bonchev–Trinajstić information content (AvgIpc) is 2.99. The van der Waals surface area contributed by atoms with Gasteiger partial charge >= 0.3 is 5.97 Å². The number of hydrogen-bond acceptors (Lipinski definition) is 8. The molecule has 0 amide bonds. The van der Waals surface area contributed by atoms with E-state index in [1.807, 2.05) is 44.2 Å². The molecular weight excluding hydrogens is 533 g/mol. The standard InChI is InChI=1S/C33H32FN5O3/c1-4-41-32(40)29-20-36-33(39-14-12-38(13-15-39)21-25-6-5-7-28(34)18-25)37-31(29)42-30-22(2)16-27(17-23(30)3)26-10-8-24(19-35)9-11-26/h5-11,16-18,20H,4,12-15,21H2,1-3H3. The predicted octanol–water partition coefficient (Wildman–Crippen LogP) is 6.06. The number of esters is 1. The highest BCUT2D eigenvalue weighted by atomic mass is 19.1. The summed E-state index contributed by atoms with van der Waals surface area (Å²) in [6.45, 7) is 9.36. The largest absolute Gasteiger partial charge is 0.462 e. The molecule has 4 aromatic rings. The van der Waals surface area contributed by atoms with Gasteiger partial charge in [0.05, 0.1) is 24.4 Å². The molecule has 214 valence electrons. The van der Waals surface area contributed by atoms with Crippen molar-refractivity contribution in [2.24, 2.45) is 0 Å². The van der Waals surface area contributed by atoms with E-state index in [9.17, 15) is 9.18 Å². The Bertz CT molecular complexity index is 1600. The highest BCUT2D eigenvalue weighted by molar-refractivity contribution is 5.91. The molecule has 9 heteroatoms. The number of aryl methyl sites for hydroxylation is 2. The molecular formula is C33H32FN5O3. The maximum atomic E-state index is 13.6. The molecule has 2 heterocycles. The number of piperazine rings is 1. The lowest BCUT2D eigenvalue weighted by molar-refractivity contribution is 0.0522. The van der Waals surface area contributed by atoms with Crippen LogP contribution in [0.4, 0.5) is 10.3 Å². The molecule has 42 heavy (non-hydrogen) atoms. The van der Waals surface area contributed by atoms with Gasteiger partial charge in [0.15, 0.2) is 0 Å². The minimum Gasteiger partial charge on any atom is -0.462 e. The van der Waals surface area contributed by atoms with Crippen molar-refractivity contribution in [3.05, 3.63) is 100 Å². The van der Waals surface area contributed by atoms with Crippen molar-refractivity contribution in [1.29, 1.82) is 5.26 Å². The number of ether oxygens (including phenoxy) is 2. The first kappa shape index (κ1) is 28.7. The van der Waals surface area contributed by atoms with Crippen molar-refractivity contribution < 1.29 is 18.7 Å². The van der Waals surface area contributed by atoms with Crippen LogP contribution in [0.1, 0.15) is 39.5 Å². The summed E-state index contributed by atoms with van der Waals surface area (Å²) in [6.07, 6.45) is 1.46. The monoisotopic (exact) mass is 565 g/mol. The molecule has 0 spiro atoms. The molecule has 5 rings (SSSR count). The van der Waals surface area contributed by atoms with Gasteiger partial charge in [-0.05, 0) is 85.0 Å². The number of carbonyl (C=O) groups is 1. The van der Waals surface area contributed by atoms with E-state index >= 15 is 0 Å². The van der Waals surface area contributed by atoms with Crippen LogP contribution in [0.2, 0.25) is 0 Å². The lowest BCUT2D eigenvalue weighted by atomic mass is 9.99. The van der Waals surface area contributed by atoms with Gasteiger partial charge in [0.2, 0.25) is 11.8 Å². The predicted molar refractivity (Wildman–Crippen MR) is 158 cm³/mol. The molecule has 0 saturated carbocycles. The third-order valence-corrected chi connectivity index (χ3v) is 7.19. The summed E-state index contributed by atoms with van der Waals surface area (Å²) >= 11 is 0. The molecule has 1 aliphatic heterocycles. The molecule has 0 N–H and O–H groups in total. The Kier molecular flexibility index (Phi) is 8.74. The maximum Gasteiger partial charge on any atom is 0.345 e. The third-order valence-electron chi connectivity index (χ3n) is 7.19. The molecule has 0 unspecified atom stereocenters. The zero-order valence-electron chi connectivity index (χ0n) is 23.9. The molecule has 1 aliphatic rings. The molecule has 8 nitrogen and oxygen atoms in total. The highest BCUT2D eigenvalue weighted by Crippen LogP contribution is 2.35. The fourth-order valence-corrected chi connectivity index (χ4v) is 5.05. The Balaban J connectivity index is 1.37. The number of nitrogens with zero attached hydrogens (tertiary/aromatic N) is 5. The summed E-state index contributed by atoms with van der Waals surface area (Å²) in [7, 11) is 0. The quantitative estimate of drug-likeness (QED) is 0.238. The fraction of sp³-hybridized carbons (Fsp3) is 0.273. The smallest absolute Gasteiger partial charge is 0.345 e. The zero-order valence-corrected chi connectivity index (χ0v) is 23.9. The first-order valence-electron chi connectivity index (χ1n) is 13.9. The number of benzene rings is 3. The minimum atomic E-state index is -0.552. The van der Waals surface area contributed by atoms with Crippen LogP contribution >= 0.6 is 0 Å². The van der Waals surface area contributed by atoms with Gasteiger partial charge in [-0.2, -0.15) is 10.2 Å². The number of halogens is 1. The first-order chi connectivity index (χ1) is 20.3. The maximum absolute atomic E-state index is 13.6. The van der Waals surface area contributed by atoms with E-state index in [0.717, 1.165) is 40.9 Å². The fourth-order valence-electron chi connectivity index (χ4n) is 5.05. The van der Waals surface area contributed by atoms with Crippen molar-refractivity contribution in [2.45, 2.75) is 27.3 Å². The van der Waals surface area contributed by atoms with Crippen molar-refractivity contribution in [3.63, 3.8) is 0 Å². The second kappa shape index (κ2) is 12.8. The van der Waals surface area contributed by atoms with Crippen LogP contribution in [0.25, 0.3) is 11.1 Å². The molecule has 0 atom stereocenters. The normalized spacial score (nSPS) is 13.5. The van der Waals surface area contributed by atoms with Crippen molar-refractivity contribution in [3.8, 4) is 28.8 Å². The van der Waals surface area contributed by atoms with Gasteiger partial charge in [-0.15, -0.1) is 0 Å². The van der Waals surface area contributed by atoms with E-state index in [1.165, 1.54) is 12.3 Å². The molecule has 1 fully saturated rings. The van der Waals surface area contributed by atoms with E-state index in [-0.39, 0.29) is 23.9 Å². The number of rotatable bonds is 8. The third kappa shape index (κ3) is 6.56. The van der Waals surface area contributed by atoms with E-state index in [0.29, 0.717) is 36.9 Å². The van der Waals surface area contributed by atoms with Crippen LogP contribution in [0.5, 0.6) is 11.6 Å². The number of anilines is 1. The molecule has 0 radical (unpaired) electrons. The van der Waals surface area contributed by atoms with Gasteiger partial charge in [0.1, 0.15) is 17.1 Å². The van der Waals surface area contributed by atoms with Crippen LogP contribution in [0.3, 0.4) is 0 Å². The summed E-state index contributed by atoms with van der Waals surface area (Å²) in [5.41, 5.74) is 5.41. The number of carbonyl (C=O) groups excluding carboxylic acids is 1. The highest BCUT2D eigenvalue weighted by Gasteiger charge is 2.24. The summed E-state index contributed by atoms with van der Waals surface area (Å²) in [6, 6.07) is 20.2. The summed E-state index contributed by atoms with van der Waals surface area (Å²) in [4.78, 5) is 26.3. The second-order valence-corrected chi connectivity index (χ2v) is 10.2. The van der Waals surface area contributed by atoms with Gasteiger partial charge in [0, 0.05) is 32.7 Å². The second-order valence-electron chi connectivity index (χ2n) is 10.2. The molecule has 1 aromatic heterocycles. The van der Waals surface area contributed by atoms with Crippen LogP contribution in [-0.4, -0.2) is 53.6 Å². The summed E-state index contributed by atoms with van der Waals surface area (Å²) in [5.74, 6) is 0.417. The summed E-state index contributed by atoms with van der Waals surface area (Å²) < 4.78 is 25.2. The van der Waals surface area contributed by atoms with E-state index in [4.69, 9.17) is 19.7 Å². The number of nitriles is 1. The van der Waals surface area contributed by atoms with Crippen molar-refractivity contribution >= 4 is 11.9 Å². The number of aromatic nitrogens is 2. The van der Waals surface area contributed by atoms with Crippen molar-refractivity contribution in [2.75, 3.05) is 37.7 Å². The van der Waals surface area contributed by atoms with E-state index < -0.39 is 5.97 Å². The van der Waals surface area contributed by atoms with Crippen LogP contribution in [0.15, 0.2) is 66.9 Å². The topological polar surface area (TPSA) is 91.6 Å². The van der Waals surface area contributed by atoms with E-state index in [2.05, 4.69) is 20.9 Å². The lowest BCUT2D eigenvalue weighted by Gasteiger charge is -2.34. The SMILES string of the molecule is CCOC(=O)c1cnc(N2CCN(Cc3cccc(F)c3)CC2)nc1Oc1c(C)cc(-c2ccc(C#N)cc2)cc1C. The van der Waals surface area contributed by atoms with Gasteiger partial charge in [-0.25, -0.2) is 14.2 Å². The lowest BCUT2D eigenvalue weighted by Crippen LogP contribution is -2.46. The Morgan fingerprint density at radius 2 is 1.71 bits per heavy atom. The Labute approximate surface area is 245 Å². The Hall–Kier alpha value is -4.81. The van der Waals surface area contributed by atoms with Gasteiger partial charge in [0.25, 0.3) is 0 Å². The van der Waals surface area contributed by atoms with Gasteiger partial charge in [-0.3, -0.25) is 4.90 Å². The van der Waals surface area contributed by atoms with Crippen LogP contribution < -0.4 is 9.64 Å². The first-order valence-corrected chi connectivity index (χ1v) is 13.9. The molecule has 3 aromatic carbocycles. The van der Waals surface area contributed by atoms with Gasteiger partial charge < -0.3 is 14.4 Å².